The van der Waals surface area contributed by atoms with E-state index in [1.54, 1.807) is 0 Å². The van der Waals surface area contributed by atoms with Gasteiger partial charge < -0.3 is 9.84 Å². The lowest BCUT2D eigenvalue weighted by atomic mass is 10.0. The molecule has 0 saturated heterocycles. The molecule has 2 aromatic rings. The minimum atomic E-state index is -0.897. The number of hydrogen-bond donors (Lipinski definition) is 1. The summed E-state index contributed by atoms with van der Waals surface area (Å²) in [5.41, 5.74) is 1.94. The number of ether oxygens (including phenoxy) is 1. The Morgan fingerprint density at radius 1 is 1.32 bits per heavy atom. The predicted molar refractivity (Wildman–Crippen MR) is 88.2 cm³/mol. The van der Waals surface area contributed by atoms with Gasteiger partial charge in [-0.2, -0.15) is 0 Å². The van der Waals surface area contributed by atoms with Gasteiger partial charge in [-0.15, -0.1) is 11.3 Å². The van der Waals surface area contributed by atoms with Gasteiger partial charge in [-0.05, 0) is 30.0 Å². The average molecular weight is 319 g/mol. The first-order valence-electron chi connectivity index (χ1n) is 7.45. The van der Waals surface area contributed by atoms with Gasteiger partial charge in [0.25, 0.3) is 0 Å². The molecule has 5 heteroatoms. The lowest BCUT2D eigenvalue weighted by Crippen LogP contribution is -2.01. The first-order valence-corrected chi connectivity index (χ1v) is 8.27. The van der Waals surface area contributed by atoms with Crippen molar-refractivity contribution in [2.24, 2.45) is 0 Å². The van der Waals surface area contributed by atoms with E-state index in [0.717, 1.165) is 10.8 Å². The zero-order valence-corrected chi connectivity index (χ0v) is 13.9. The summed E-state index contributed by atoms with van der Waals surface area (Å²) in [6, 6.07) is 8.08. The van der Waals surface area contributed by atoms with Crippen molar-refractivity contribution in [1.82, 2.24) is 4.98 Å². The fourth-order valence-electron chi connectivity index (χ4n) is 2.12. The first kappa shape index (κ1) is 16.5. The summed E-state index contributed by atoms with van der Waals surface area (Å²) in [6.45, 7) is 6.72. The maximum atomic E-state index is 11.1. The Morgan fingerprint density at radius 3 is 2.50 bits per heavy atom. The fraction of sp³-hybridized carbons (Fsp3) is 0.412. The second-order valence-electron chi connectivity index (χ2n) is 5.36. The SMILES string of the molecule is CCc1nc(CCOc2ccc(C(C)C)cc2)sc1C(=O)O. The Labute approximate surface area is 134 Å². The molecule has 4 nitrogen and oxygen atoms in total. The van der Waals surface area contributed by atoms with Crippen molar-refractivity contribution in [2.75, 3.05) is 6.61 Å². The van der Waals surface area contributed by atoms with Crippen molar-refractivity contribution in [1.29, 1.82) is 0 Å². The van der Waals surface area contributed by atoms with E-state index in [0.29, 0.717) is 35.9 Å². The summed E-state index contributed by atoms with van der Waals surface area (Å²) in [6.07, 6.45) is 1.26. The van der Waals surface area contributed by atoms with E-state index in [1.165, 1.54) is 16.9 Å². The number of carboxylic acid groups (broad SMARTS) is 1. The topological polar surface area (TPSA) is 59.4 Å². The van der Waals surface area contributed by atoms with Crippen LogP contribution < -0.4 is 4.74 Å². The van der Waals surface area contributed by atoms with Crippen LogP contribution in [0.2, 0.25) is 0 Å². The summed E-state index contributed by atoms with van der Waals surface area (Å²) in [7, 11) is 0. The molecule has 0 bridgehead atoms. The van der Waals surface area contributed by atoms with E-state index in [2.05, 4.69) is 31.0 Å². The minimum Gasteiger partial charge on any atom is -0.493 e. The van der Waals surface area contributed by atoms with Crippen LogP contribution in [0.4, 0.5) is 0 Å². The van der Waals surface area contributed by atoms with Crippen LogP contribution in [-0.4, -0.2) is 22.7 Å². The van der Waals surface area contributed by atoms with Gasteiger partial charge >= 0.3 is 5.97 Å². The van der Waals surface area contributed by atoms with Gasteiger partial charge in [0, 0.05) is 6.42 Å². The number of aryl methyl sites for hydroxylation is 1. The lowest BCUT2D eigenvalue weighted by molar-refractivity contribution is 0.0701. The lowest BCUT2D eigenvalue weighted by Gasteiger charge is -2.08. The first-order chi connectivity index (χ1) is 10.5. The maximum Gasteiger partial charge on any atom is 0.347 e. The van der Waals surface area contributed by atoms with Gasteiger partial charge in [-0.1, -0.05) is 32.9 Å². The smallest absolute Gasteiger partial charge is 0.347 e. The molecule has 0 unspecified atom stereocenters. The van der Waals surface area contributed by atoms with Crippen molar-refractivity contribution in [3.8, 4) is 5.75 Å². The van der Waals surface area contributed by atoms with Crippen LogP contribution in [-0.2, 0) is 12.8 Å². The summed E-state index contributed by atoms with van der Waals surface area (Å²) in [5.74, 6) is 0.437. The molecule has 0 aliphatic rings. The Morgan fingerprint density at radius 2 is 2.00 bits per heavy atom. The molecule has 1 heterocycles. The molecule has 0 atom stereocenters. The number of aromatic nitrogens is 1. The number of nitrogens with zero attached hydrogens (tertiary/aromatic N) is 1. The van der Waals surface area contributed by atoms with Gasteiger partial charge in [0.2, 0.25) is 0 Å². The molecule has 0 aliphatic carbocycles. The van der Waals surface area contributed by atoms with Gasteiger partial charge in [0.05, 0.1) is 17.3 Å². The fourth-order valence-corrected chi connectivity index (χ4v) is 3.09. The number of rotatable bonds is 7. The molecule has 0 amide bonds. The third-order valence-corrected chi connectivity index (χ3v) is 4.55. The quantitative estimate of drug-likeness (QED) is 0.833. The Kier molecular flexibility index (Phi) is 5.55. The molecule has 22 heavy (non-hydrogen) atoms. The normalized spacial score (nSPS) is 10.9. The van der Waals surface area contributed by atoms with Gasteiger partial charge in [-0.3, -0.25) is 0 Å². The Hall–Kier alpha value is -1.88. The largest absolute Gasteiger partial charge is 0.493 e. The highest BCUT2D eigenvalue weighted by Crippen LogP contribution is 2.21. The molecule has 0 aliphatic heterocycles. The number of benzene rings is 1. The second kappa shape index (κ2) is 7.40. The molecule has 0 fully saturated rings. The number of carboxylic acids is 1. The monoisotopic (exact) mass is 319 g/mol. The second-order valence-corrected chi connectivity index (χ2v) is 6.45. The zero-order chi connectivity index (χ0) is 16.1. The molecule has 1 aromatic heterocycles. The zero-order valence-electron chi connectivity index (χ0n) is 13.1. The highest BCUT2D eigenvalue weighted by Gasteiger charge is 2.15. The van der Waals surface area contributed by atoms with Crippen LogP contribution in [0.5, 0.6) is 5.75 Å². The summed E-state index contributed by atoms with van der Waals surface area (Å²) < 4.78 is 5.71. The molecule has 2 rings (SSSR count). The van der Waals surface area contributed by atoms with Crippen molar-refractivity contribution < 1.29 is 14.6 Å². The molecule has 0 saturated carbocycles. The van der Waals surface area contributed by atoms with E-state index in [9.17, 15) is 4.79 Å². The number of thiazole rings is 1. The molecular formula is C17H21NO3S. The van der Waals surface area contributed by atoms with Gasteiger partial charge in [0.1, 0.15) is 10.6 Å². The Bertz CT molecular complexity index is 632. The summed E-state index contributed by atoms with van der Waals surface area (Å²) in [4.78, 5) is 15.8. The highest BCUT2D eigenvalue weighted by molar-refractivity contribution is 7.13. The van der Waals surface area contributed by atoms with Crippen molar-refractivity contribution >= 4 is 17.3 Å². The van der Waals surface area contributed by atoms with E-state index in [-0.39, 0.29) is 0 Å². The van der Waals surface area contributed by atoms with Crippen molar-refractivity contribution in [3.05, 3.63) is 45.4 Å². The maximum absolute atomic E-state index is 11.1. The minimum absolute atomic E-state index is 0.346. The molecule has 0 spiro atoms. The molecule has 1 aromatic carbocycles. The van der Waals surface area contributed by atoms with Crippen LogP contribution in [0.15, 0.2) is 24.3 Å². The third-order valence-electron chi connectivity index (χ3n) is 3.40. The number of carbonyl (C=O) groups is 1. The van der Waals surface area contributed by atoms with Crippen LogP contribution in [0.25, 0.3) is 0 Å². The van der Waals surface area contributed by atoms with Crippen LogP contribution in [0.1, 0.15) is 52.6 Å². The van der Waals surface area contributed by atoms with Crippen molar-refractivity contribution in [3.63, 3.8) is 0 Å². The molecule has 118 valence electrons. The van der Waals surface area contributed by atoms with Crippen LogP contribution in [0, 0.1) is 0 Å². The van der Waals surface area contributed by atoms with Gasteiger partial charge in [-0.25, -0.2) is 9.78 Å². The van der Waals surface area contributed by atoms with E-state index < -0.39 is 5.97 Å². The predicted octanol–water partition coefficient (Wildman–Crippen LogP) is 4.15. The van der Waals surface area contributed by atoms with Crippen LogP contribution in [0.3, 0.4) is 0 Å². The Balaban J connectivity index is 1.92. The number of hydrogen-bond acceptors (Lipinski definition) is 4. The number of aromatic carboxylic acids is 1. The molecule has 0 radical (unpaired) electrons. The standard InChI is InChI=1S/C17H21NO3S/c1-4-14-16(17(19)20)22-15(18-14)9-10-21-13-7-5-12(6-8-13)11(2)3/h5-8,11H,4,9-10H2,1-3H3,(H,19,20). The van der Waals surface area contributed by atoms with E-state index in [1.807, 2.05) is 19.1 Å². The average Bonchev–Trinajstić information content (AvgIpc) is 2.91. The molecule has 1 N–H and O–H groups in total. The van der Waals surface area contributed by atoms with E-state index in [4.69, 9.17) is 9.84 Å². The van der Waals surface area contributed by atoms with Crippen molar-refractivity contribution in [2.45, 2.75) is 39.5 Å². The molecular weight excluding hydrogens is 298 g/mol. The third kappa shape index (κ3) is 4.07. The van der Waals surface area contributed by atoms with Gasteiger partial charge in [0.15, 0.2) is 0 Å². The van der Waals surface area contributed by atoms with E-state index >= 15 is 0 Å². The highest BCUT2D eigenvalue weighted by atomic mass is 32.1. The van der Waals surface area contributed by atoms with Crippen LogP contribution >= 0.6 is 11.3 Å². The summed E-state index contributed by atoms with van der Waals surface area (Å²) >= 11 is 1.24. The summed E-state index contributed by atoms with van der Waals surface area (Å²) in [5, 5.41) is 9.94.